The first-order chi connectivity index (χ1) is 13.5. The fraction of sp³-hybridized carbons (Fsp3) is 0.100. The quantitative estimate of drug-likeness (QED) is 0.320. The Bertz CT molecular complexity index is 1140. The predicted molar refractivity (Wildman–Crippen MR) is 118 cm³/mol. The summed E-state index contributed by atoms with van der Waals surface area (Å²) in [5.74, 6) is 0.403. The molecule has 2 N–H and O–H groups in total. The van der Waals surface area contributed by atoms with Gasteiger partial charge in [-0.25, -0.2) is 9.37 Å². The van der Waals surface area contributed by atoms with Gasteiger partial charge in [-0.2, -0.15) is 4.98 Å². The lowest BCUT2D eigenvalue weighted by Gasteiger charge is -2.17. The Hall–Kier alpha value is -2.22. The number of aromatic nitrogens is 2. The summed E-state index contributed by atoms with van der Waals surface area (Å²) in [6, 6.07) is 14.7. The number of nitrogens with zero attached hydrogens (tertiary/aromatic N) is 2. The minimum Gasteiger partial charge on any atom is -0.362 e. The van der Waals surface area contributed by atoms with Crippen molar-refractivity contribution < 1.29 is 4.39 Å². The molecule has 28 heavy (non-hydrogen) atoms. The second kappa shape index (κ2) is 8.03. The third-order valence-corrected chi connectivity index (χ3v) is 6.19. The van der Waals surface area contributed by atoms with E-state index in [9.17, 15) is 4.39 Å². The lowest BCUT2D eigenvalue weighted by molar-refractivity contribution is 0.632. The summed E-state index contributed by atoms with van der Waals surface area (Å²) in [4.78, 5) is 10.3. The zero-order valence-electron chi connectivity index (χ0n) is 14.7. The van der Waals surface area contributed by atoms with E-state index >= 15 is 0 Å². The highest BCUT2D eigenvalue weighted by Gasteiger charge is 2.15. The molecule has 0 radical (unpaired) electrons. The molecule has 0 saturated heterocycles. The number of halogens is 3. The fourth-order valence-corrected chi connectivity index (χ4v) is 4.18. The van der Waals surface area contributed by atoms with Crippen LogP contribution in [0.4, 0.5) is 21.8 Å². The molecule has 2 heterocycles. The SMILES string of the molecule is C[C@@H](Nc1nc(Nc2cccc(Cl)c2F)nc2c(Br)cccc12)c1cccs1. The third-order valence-electron chi connectivity index (χ3n) is 4.20. The minimum atomic E-state index is -0.540. The number of anilines is 3. The van der Waals surface area contributed by atoms with Gasteiger partial charge >= 0.3 is 0 Å². The minimum absolute atomic E-state index is 0.0386. The number of hydrogen-bond donors (Lipinski definition) is 2. The summed E-state index contributed by atoms with van der Waals surface area (Å²) in [5, 5.41) is 9.33. The molecular formula is C20H15BrClFN4S. The Labute approximate surface area is 178 Å². The summed E-state index contributed by atoms with van der Waals surface area (Å²) in [6.07, 6.45) is 0. The molecule has 4 aromatic rings. The molecule has 1 atom stereocenters. The monoisotopic (exact) mass is 476 g/mol. The van der Waals surface area contributed by atoms with Crippen LogP contribution in [0.5, 0.6) is 0 Å². The van der Waals surface area contributed by atoms with Crippen LogP contribution in [0.15, 0.2) is 58.4 Å². The normalized spacial score (nSPS) is 12.1. The molecule has 0 spiro atoms. The molecule has 0 aliphatic rings. The van der Waals surface area contributed by atoms with Gasteiger partial charge in [0.2, 0.25) is 5.95 Å². The topological polar surface area (TPSA) is 49.8 Å². The molecule has 0 bridgehead atoms. The predicted octanol–water partition coefficient (Wildman–Crippen LogP) is 7.16. The zero-order valence-corrected chi connectivity index (χ0v) is 17.9. The second-order valence-corrected chi connectivity index (χ2v) is 8.38. The van der Waals surface area contributed by atoms with E-state index in [-0.39, 0.29) is 22.7 Å². The Kier molecular flexibility index (Phi) is 5.48. The molecular weight excluding hydrogens is 463 g/mol. The van der Waals surface area contributed by atoms with Crippen molar-refractivity contribution >= 4 is 67.2 Å². The molecule has 8 heteroatoms. The molecule has 4 rings (SSSR count). The van der Waals surface area contributed by atoms with Gasteiger partial charge in [-0.15, -0.1) is 11.3 Å². The van der Waals surface area contributed by atoms with Gasteiger partial charge in [-0.3, -0.25) is 0 Å². The van der Waals surface area contributed by atoms with Crippen LogP contribution in [0.2, 0.25) is 5.02 Å². The maximum Gasteiger partial charge on any atom is 0.229 e. The molecule has 2 aromatic heterocycles. The summed E-state index contributed by atoms with van der Waals surface area (Å²) >= 11 is 11.1. The van der Waals surface area contributed by atoms with Gasteiger partial charge < -0.3 is 10.6 Å². The third kappa shape index (κ3) is 3.83. The molecule has 2 aromatic carbocycles. The summed E-state index contributed by atoms with van der Waals surface area (Å²) < 4.78 is 15.1. The number of nitrogens with one attached hydrogen (secondary N) is 2. The molecule has 0 saturated carbocycles. The van der Waals surface area contributed by atoms with Gasteiger partial charge in [-0.05, 0) is 58.6 Å². The molecule has 142 valence electrons. The molecule has 4 nitrogen and oxygen atoms in total. The van der Waals surface area contributed by atoms with Gasteiger partial charge in [-0.1, -0.05) is 29.8 Å². The molecule has 0 amide bonds. The van der Waals surface area contributed by atoms with Crippen LogP contribution >= 0.6 is 38.9 Å². The number of fused-ring (bicyclic) bond motifs is 1. The van der Waals surface area contributed by atoms with Crippen molar-refractivity contribution in [3.05, 3.63) is 74.1 Å². The van der Waals surface area contributed by atoms with E-state index in [1.165, 1.54) is 10.9 Å². The van der Waals surface area contributed by atoms with Crippen molar-refractivity contribution in [2.24, 2.45) is 0 Å². The maximum absolute atomic E-state index is 14.3. The zero-order chi connectivity index (χ0) is 19.7. The first kappa shape index (κ1) is 19.1. The van der Waals surface area contributed by atoms with E-state index in [4.69, 9.17) is 11.6 Å². The van der Waals surface area contributed by atoms with E-state index in [0.717, 1.165) is 15.4 Å². The molecule has 0 aliphatic carbocycles. The molecule has 0 aliphatic heterocycles. The summed E-state index contributed by atoms with van der Waals surface area (Å²) in [7, 11) is 0. The van der Waals surface area contributed by atoms with Crippen molar-refractivity contribution in [3.8, 4) is 0 Å². The Balaban J connectivity index is 1.77. The number of thiophene rings is 1. The van der Waals surface area contributed by atoms with E-state index in [0.29, 0.717) is 5.82 Å². The van der Waals surface area contributed by atoms with Gasteiger partial charge in [0.15, 0.2) is 5.82 Å². The largest absolute Gasteiger partial charge is 0.362 e. The average molecular weight is 478 g/mol. The number of hydrogen-bond acceptors (Lipinski definition) is 5. The number of para-hydroxylation sites is 1. The average Bonchev–Trinajstić information content (AvgIpc) is 3.21. The van der Waals surface area contributed by atoms with Crippen LogP contribution in [-0.2, 0) is 0 Å². The van der Waals surface area contributed by atoms with Crippen molar-refractivity contribution in [1.82, 2.24) is 9.97 Å². The highest BCUT2D eigenvalue weighted by molar-refractivity contribution is 9.10. The summed E-state index contributed by atoms with van der Waals surface area (Å²) in [5.41, 5.74) is 0.944. The Morgan fingerprint density at radius 3 is 2.71 bits per heavy atom. The van der Waals surface area contributed by atoms with Crippen molar-refractivity contribution in [3.63, 3.8) is 0 Å². The van der Waals surface area contributed by atoms with E-state index < -0.39 is 5.82 Å². The first-order valence-corrected chi connectivity index (χ1v) is 10.5. The van der Waals surface area contributed by atoms with Crippen LogP contribution in [0.3, 0.4) is 0 Å². The Morgan fingerprint density at radius 2 is 1.93 bits per heavy atom. The van der Waals surface area contributed by atoms with Crippen molar-refractivity contribution in [1.29, 1.82) is 0 Å². The van der Waals surface area contributed by atoms with Crippen molar-refractivity contribution in [2.75, 3.05) is 10.6 Å². The fourth-order valence-electron chi connectivity index (χ4n) is 2.82. The lowest BCUT2D eigenvalue weighted by Crippen LogP contribution is -2.09. The summed E-state index contributed by atoms with van der Waals surface area (Å²) in [6.45, 7) is 2.07. The maximum atomic E-state index is 14.3. The van der Waals surface area contributed by atoms with Crippen LogP contribution in [-0.4, -0.2) is 9.97 Å². The van der Waals surface area contributed by atoms with Crippen LogP contribution in [0.1, 0.15) is 17.8 Å². The van der Waals surface area contributed by atoms with Gasteiger partial charge in [0, 0.05) is 14.7 Å². The van der Waals surface area contributed by atoms with E-state index in [1.54, 1.807) is 23.5 Å². The highest BCUT2D eigenvalue weighted by Crippen LogP contribution is 2.32. The van der Waals surface area contributed by atoms with E-state index in [2.05, 4.69) is 49.5 Å². The van der Waals surface area contributed by atoms with Crippen LogP contribution in [0.25, 0.3) is 10.9 Å². The standard InChI is InChI=1S/C20H15BrClFN4S/c1-11(16-9-4-10-28-16)24-19-12-5-2-6-13(21)18(12)26-20(27-19)25-15-8-3-7-14(22)17(15)23/h2-11H,1H3,(H2,24,25,26,27)/t11-/m1/s1. The smallest absolute Gasteiger partial charge is 0.229 e. The molecule has 0 fully saturated rings. The van der Waals surface area contributed by atoms with Crippen LogP contribution < -0.4 is 10.6 Å². The van der Waals surface area contributed by atoms with Crippen LogP contribution in [0, 0.1) is 5.82 Å². The number of benzene rings is 2. The first-order valence-electron chi connectivity index (χ1n) is 8.50. The number of rotatable bonds is 5. The molecule has 0 unspecified atom stereocenters. The second-order valence-electron chi connectivity index (χ2n) is 6.14. The van der Waals surface area contributed by atoms with E-state index in [1.807, 2.05) is 29.6 Å². The van der Waals surface area contributed by atoms with Crippen molar-refractivity contribution in [2.45, 2.75) is 13.0 Å². The lowest BCUT2D eigenvalue weighted by atomic mass is 10.2. The highest BCUT2D eigenvalue weighted by atomic mass is 79.9. The van der Waals surface area contributed by atoms with Gasteiger partial charge in [0.05, 0.1) is 22.3 Å². The van der Waals surface area contributed by atoms with Gasteiger partial charge in [0.1, 0.15) is 5.82 Å². The Morgan fingerprint density at radius 1 is 1.11 bits per heavy atom. The van der Waals surface area contributed by atoms with Gasteiger partial charge in [0.25, 0.3) is 0 Å².